The molecule has 0 aliphatic rings. The molecule has 0 spiro atoms. The number of aromatic carboxylic acids is 1. The molecule has 3 aromatic rings. The summed E-state index contributed by atoms with van der Waals surface area (Å²) in [5.74, 6) is -1.19. The van der Waals surface area contributed by atoms with E-state index in [0.29, 0.717) is 6.42 Å². The van der Waals surface area contributed by atoms with Gasteiger partial charge in [0.1, 0.15) is 5.82 Å². The van der Waals surface area contributed by atoms with Gasteiger partial charge in [0.25, 0.3) is 0 Å². The third-order valence-corrected chi connectivity index (χ3v) is 4.10. The number of aromatic nitrogens is 1. The fourth-order valence-corrected chi connectivity index (χ4v) is 2.92. The van der Waals surface area contributed by atoms with Gasteiger partial charge in [0.05, 0.1) is 16.3 Å². The van der Waals surface area contributed by atoms with Crippen molar-refractivity contribution in [3.63, 3.8) is 0 Å². The second-order valence-corrected chi connectivity index (χ2v) is 5.75. The Labute approximate surface area is 130 Å². The maximum Gasteiger partial charge on any atom is 0.335 e. The minimum Gasteiger partial charge on any atom is -0.478 e. The summed E-state index contributed by atoms with van der Waals surface area (Å²) in [5.41, 5.74) is 2.96. The third kappa shape index (κ3) is 3.20. The number of benzene rings is 2. The Morgan fingerprint density at radius 2 is 1.77 bits per heavy atom. The highest BCUT2D eigenvalue weighted by molar-refractivity contribution is 7.10. The first-order valence-electron chi connectivity index (χ1n) is 6.64. The summed E-state index contributed by atoms with van der Waals surface area (Å²) in [7, 11) is 0. The van der Waals surface area contributed by atoms with Gasteiger partial charge in [-0.15, -0.1) is 11.3 Å². The lowest BCUT2D eigenvalue weighted by atomic mass is 10.1. The summed E-state index contributed by atoms with van der Waals surface area (Å²) in [6.45, 7) is 0. The number of hydrogen-bond donors (Lipinski definition) is 1. The van der Waals surface area contributed by atoms with Crippen molar-refractivity contribution < 1.29 is 14.3 Å². The van der Waals surface area contributed by atoms with Gasteiger partial charge in [-0.3, -0.25) is 0 Å². The predicted octanol–water partition coefficient (Wildman–Crippen LogP) is 4.24. The highest BCUT2D eigenvalue weighted by Gasteiger charge is 2.07. The highest BCUT2D eigenvalue weighted by Crippen LogP contribution is 2.24. The first-order valence-corrected chi connectivity index (χ1v) is 7.52. The van der Waals surface area contributed by atoms with Crippen molar-refractivity contribution in [3.8, 4) is 11.3 Å². The molecular formula is C17H12FNO2S. The molecule has 2 aromatic carbocycles. The predicted molar refractivity (Wildman–Crippen MR) is 83.7 cm³/mol. The maximum atomic E-state index is 12.9. The fraction of sp³-hybridized carbons (Fsp3) is 0.0588. The zero-order valence-electron chi connectivity index (χ0n) is 11.5. The minimum absolute atomic E-state index is 0.248. The Hall–Kier alpha value is -2.53. The molecule has 0 aliphatic heterocycles. The van der Waals surface area contributed by atoms with E-state index in [1.807, 2.05) is 5.38 Å². The lowest BCUT2D eigenvalue weighted by molar-refractivity contribution is 0.0697. The van der Waals surface area contributed by atoms with Gasteiger partial charge >= 0.3 is 5.97 Å². The van der Waals surface area contributed by atoms with Crippen LogP contribution in [0.15, 0.2) is 53.9 Å². The molecule has 0 radical (unpaired) electrons. The molecule has 0 atom stereocenters. The summed E-state index contributed by atoms with van der Waals surface area (Å²) >= 11 is 1.53. The van der Waals surface area contributed by atoms with Crippen LogP contribution in [-0.2, 0) is 6.42 Å². The van der Waals surface area contributed by atoms with E-state index in [-0.39, 0.29) is 11.4 Å². The number of hydrogen-bond acceptors (Lipinski definition) is 3. The van der Waals surface area contributed by atoms with Gasteiger partial charge in [-0.25, -0.2) is 14.2 Å². The molecule has 3 nitrogen and oxygen atoms in total. The van der Waals surface area contributed by atoms with E-state index < -0.39 is 5.97 Å². The van der Waals surface area contributed by atoms with Crippen LogP contribution in [0, 0.1) is 5.82 Å². The van der Waals surface area contributed by atoms with Crippen LogP contribution in [0.1, 0.15) is 20.9 Å². The lowest BCUT2D eigenvalue weighted by Gasteiger charge is -1.99. The summed E-state index contributed by atoms with van der Waals surface area (Å²) < 4.78 is 12.9. The van der Waals surface area contributed by atoms with Crippen LogP contribution in [0.2, 0.25) is 0 Å². The second kappa shape index (κ2) is 6.07. The molecule has 0 bridgehead atoms. The molecule has 110 valence electrons. The van der Waals surface area contributed by atoms with Gasteiger partial charge in [0.15, 0.2) is 0 Å². The van der Waals surface area contributed by atoms with E-state index in [0.717, 1.165) is 21.8 Å². The molecule has 0 saturated heterocycles. The van der Waals surface area contributed by atoms with Gasteiger partial charge in [-0.1, -0.05) is 24.3 Å². The topological polar surface area (TPSA) is 50.2 Å². The second-order valence-electron chi connectivity index (χ2n) is 4.81. The summed E-state index contributed by atoms with van der Waals surface area (Å²) in [6, 6.07) is 13.0. The smallest absolute Gasteiger partial charge is 0.335 e. The van der Waals surface area contributed by atoms with Crippen molar-refractivity contribution >= 4 is 17.3 Å². The van der Waals surface area contributed by atoms with Gasteiger partial charge in [-0.2, -0.15) is 0 Å². The monoisotopic (exact) mass is 313 g/mol. The Bertz CT molecular complexity index is 794. The van der Waals surface area contributed by atoms with Gasteiger partial charge in [0.2, 0.25) is 0 Å². The number of carbonyl (C=O) groups is 1. The van der Waals surface area contributed by atoms with Crippen molar-refractivity contribution in [2.45, 2.75) is 6.42 Å². The van der Waals surface area contributed by atoms with Crippen molar-refractivity contribution in [1.29, 1.82) is 0 Å². The molecular weight excluding hydrogens is 301 g/mol. The number of halogens is 1. The summed E-state index contributed by atoms with van der Waals surface area (Å²) in [6.07, 6.45) is 0.651. The summed E-state index contributed by atoms with van der Waals surface area (Å²) in [4.78, 5) is 15.4. The molecule has 1 heterocycles. The zero-order chi connectivity index (χ0) is 15.5. The van der Waals surface area contributed by atoms with E-state index in [2.05, 4.69) is 4.98 Å². The van der Waals surface area contributed by atoms with Crippen LogP contribution >= 0.6 is 11.3 Å². The minimum atomic E-state index is -0.943. The largest absolute Gasteiger partial charge is 0.478 e. The van der Waals surface area contributed by atoms with Gasteiger partial charge < -0.3 is 5.11 Å². The van der Waals surface area contributed by atoms with Crippen molar-refractivity contribution in [2.75, 3.05) is 0 Å². The Morgan fingerprint density at radius 1 is 1.09 bits per heavy atom. The number of rotatable bonds is 4. The van der Waals surface area contributed by atoms with E-state index in [4.69, 9.17) is 5.11 Å². The van der Waals surface area contributed by atoms with Crippen LogP contribution in [0.3, 0.4) is 0 Å². The van der Waals surface area contributed by atoms with Crippen molar-refractivity contribution in [3.05, 3.63) is 75.9 Å². The average molecular weight is 313 g/mol. The quantitative estimate of drug-likeness (QED) is 0.784. The average Bonchev–Trinajstić information content (AvgIpc) is 2.98. The normalized spacial score (nSPS) is 10.6. The van der Waals surface area contributed by atoms with Crippen LogP contribution in [0.4, 0.5) is 4.39 Å². The summed E-state index contributed by atoms with van der Waals surface area (Å²) in [5, 5.41) is 11.8. The zero-order valence-corrected chi connectivity index (χ0v) is 12.3. The molecule has 0 amide bonds. The van der Waals surface area contributed by atoms with Crippen LogP contribution in [0.5, 0.6) is 0 Å². The number of carboxylic acid groups (broad SMARTS) is 1. The third-order valence-electron chi connectivity index (χ3n) is 3.25. The van der Waals surface area contributed by atoms with Crippen LogP contribution in [0.25, 0.3) is 11.3 Å². The molecule has 0 saturated carbocycles. The Balaban J connectivity index is 1.78. The molecule has 1 N–H and O–H groups in total. The first kappa shape index (κ1) is 14.4. The SMILES string of the molecule is O=C(O)c1ccc(-c2csc(Cc3ccc(F)cc3)n2)cc1. The molecule has 5 heteroatoms. The van der Waals surface area contributed by atoms with Crippen LogP contribution < -0.4 is 0 Å². The molecule has 22 heavy (non-hydrogen) atoms. The van der Waals surface area contributed by atoms with Crippen LogP contribution in [-0.4, -0.2) is 16.1 Å². The molecule has 0 unspecified atom stereocenters. The van der Waals surface area contributed by atoms with Gasteiger partial charge in [-0.05, 0) is 29.8 Å². The van der Waals surface area contributed by atoms with E-state index in [1.54, 1.807) is 36.4 Å². The van der Waals surface area contributed by atoms with E-state index >= 15 is 0 Å². The Kier molecular flexibility index (Phi) is 3.98. The first-order chi connectivity index (χ1) is 10.6. The molecule has 0 aliphatic carbocycles. The highest BCUT2D eigenvalue weighted by atomic mass is 32.1. The lowest BCUT2D eigenvalue weighted by Crippen LogP contribution is -1.95. The standard InChI is InChI=1S/C17H12FNO2S/c18-14-7-1-11(2-8-14)9-16-19-15(10-22-16)12-3-5-13(6-4-12)17(20)21/h1-8,10H,9H2,(H,20,21). The van der Waals surface area contributed by atoms with E-state index in [9.17, 15) is 9.18 Å². The fourth-order valence-electron chi connectivity index (χ4n) is 2.09. The molecule has 1 aromatic heterocycles. The molecule has 3 rings (SSSR count). The van der Waals surface area contributed by atoms with E-state index in [1.165, 1.54) is 23.5 Å². The van der Waals surface area contributed by atoms with Crippen molar-refractivity contribution in [1.82, 2.24) is 4.98 Å². The number of thiazole rings is 1. The molecule has 0 fully saturated rings. The van der Waals surface area contributed by atoms with Gasteiger partial charge in [0, 0.05) is 17.4 Å². The van der Waals surface area contributed by atoms with Crippen molar-refractivity contribution in [2.24, 2.45) is 0 Å². The Morgan fingerprint density at radius 3 is 2.41 bits per heavy atom. The maximum absolute atomic E-state index is 12.9. The number of nitrogens with zero attached hydrogens (tertiary/aromatic N) is 1. The number of carboxylic acids is 1.